The fourth-order valence-corrected chi connectivity index (χ4v) is 7.93. The Labute approximate surface area is 414 Å². The van der Waals surface area contributed by atoms with Crippen LogP contribution in [-0.2, 0) is 20.4 Å². The second-order valence-electron chi connectivity index (χ2n) is 18.4. The molecule has 10 rings (SSSR count). The highest BCUT2D eigenvalue weighted by molar-refractivity contribution is 14.1. The topological polar surface area (TPSA) is 176 Å². The van der Waals surface area contributed by atoms with E-state index in [2.05, 4.69) is 91.0 Å². The van der Waals surface area contributed by atoms with Gasteiger partial charge in [-0.15, -0.1) is 39.4 Å². The third-order valence-corrected chi connectivity index (χ3v) is 12.1. The van der Waals surface area contributed by atoms with E-state index in [-0.39, 0.29) is 40.4 Å². The smallest absolute Gasteiger partial charge is 0.481 e. The Kier molecular flexibility index (Phi) is 13.3. The standard InChI is InChI=1S/C24H21F2N3O4.C23H19F2N3O4.C3H9ISi/c1-13-10-19(28-21(14(13)2)15-6-9-27-20(11-15)31-3)29-22(30)23(7-8-23)16-4-5-17-18(12-16)33-24(25,26)32-17;1-12-9-18(27-20(13(12)2)14-5-8-26-19(29)10-14)28-21(30)22(6-7-22)15-3-4-16-17(11-15)32-23(24,25)31-16;1-5(2,3)4/h4-6,9-12H,7-8H2,1-3H3,(H,28,29,30);3-5,8-11H,6-7H2,1-2H3,(H,26,29)(H,27,28,30);1-3H3. The van der Waals surface area contributed by atoms with Gasteiger partial charge in [0.25, 0.3) is 0 Å². The van der Waals surface area contributed by atoms with E-state index >= 15 is 0 Å². The molecule has 6 heterocycles. The van der Waals surface area contributed by atoms with Crippen molar-refractivity contribution in [3.63, 3.8) is 0 Å². The largest absolute Gasteiger partial charge is 0.586 e. The van der Waals surface area contributed by atoms with Crippen LogP contribution in [0.15, 0.2) is 90.0 Å². The number of carbonyl (C=O) groups excluding carboxylic acids is 2. The zero-order valence-corrected chi connectivity index (χ0v) is 42.6. The number of amides is 2. The summed E-state index contributed by atoms with van der Waals surface area (Å²) in [5.74, 6) is 0.423. The third-order valence-electron chi connectivity index (χ3n) is 12.1. The molecule has 2 amide bonds. The number of ether oxygens (including phenoxy) is 5. The molecule has 4 aromatic heterocycles. The van der Waals surface area contributed by atoms with Gasteiger partial charge in [-0.2, -0.15) is 0 Å². The highest BCUT2D eigenvalue weighted by Crippen LogP contribution is 2.54. The van der Waals surface area contributed by atoms with Crippen molar-refractivity contribution in [2.45, 2.75) is 96.4 Å². The Morgan fingerprint density at radius 3 is 1.50 bits per heavy atom. The van der Waals surface area contributed by atoms with Gasteiger partial charge in [0.15, 0.2) is 23.0 Å². The summed E-state index contributed by atoms with van der Waals surface area (Å²) < 4.78 is 76.6. The quantitative estimate of drug-likeness (QED) is 0.0544. The Hall–Kier alpha value is -6.55. The van der Waals surface area contributed by atoms with Crippen LogP contribution in [0.5, 0.6) is 28.9 Å². The molecular weight excluding hydrogens is 1040 g/mol. The van der Waals surface area contributed by atoms with E-state index in [1.165, 1.54) is 30.3 Å². The number of hydrogen-bond donors (Lipinski definition) is 3. The predicted molar refractivity (Wildman–Crippen MR) is 265 cm³/mol. The van der Waals surface area contributed by atoms with Crippen LogP contribution in [0, 0.1) is 27.7 Å². The van der Waals surface area contributed by atoms with Crippen molar-refractivity contribution in [2.24, 2.45) is 0 Å². The molecular formula is C50H49F4IN6O8Si. The van der Waals surface area contributed by atoms with E-state index in [0.717, 1.165) is 27.8 Å². The second kappa shape index (κ2) is 18.6. The van der Waals surface area contributed by atoms with Crippen molar-refractivity contribution in [2.75, 3.05) is 17.7 Å². The molecule has 0 saturated heterocycles. The van der Waals surface area contributed by atoms with Gasteiger partial charge >= 0.3 is 12.6 Å². The number of rotatable bonds is 9. The van der Waals surface area contributed by atoms with Gasteiger partial charge in [0, 0.05) is 35.7 Å². The van der Waals surface area contributed by atoms with Crippen LogP contribution in [0.25, 0.3) is 22.5 Å². The number of benzene rings is 2. The number of anilines is 2. The van der Waals surface area contributed by atoms with Crippen LogP contribution >= 0.6 is 21.8 Å². The molecule has 0 atom stereocenters. The third kappa shape index (κ3) is 10.9. The molecule has 0 unspecified atom stereocenters. The molecule has 20 heteroatoms. The number of pyridine rings is 4. The lowest BCUT2D eigenvalue weighted by Gasteiger charge is -2.17. The minimum atomic E-state index is -3.71. The molecule has 0 bridgehead atoms. The van der Waals surface area contributed by atoms with E-state index in [4.69, 9.17) is 4.74 Å². The van der Waals surface area contributed by atoms with Crippen LogP contribution in [0.2, 0.25) is 19.6 Å². The van der Waals surface area contributed by atoms with E-state index < -0.39 is 29.0 Å². The molecule has 0 radical (unpaired) electrons. The monoisotopic (exact) mass is 1090 g/mol. The number of halogens is 5. The zero-order chi connectivity index (χ0) is 50.6. The van der Waals surface area contributed by atoms with Gasteiger partial charge in [0.1, 0.15) is 17.2 Å². The van der Waals surface area contributed by atoms with Crippen molar-refractivity contribution in [3.8, 4) is 51.4 Å². The first-order valence-electron chi connectivity index (χ1n) is 22.2. The fraction of sp³-hybridized carbons (Fsp3) is 0.320. The molecule has 2 fully saturated rings. The van der Waals surface area contributed by atoms with Gasteiger partial charge in [-0.1, -0.05) is 31.8 Å². The number of nitrogens with one attached hydrogen (secondary N) is 3. The number of nitrogens with zero attached hydrogens (tertiary/aromatic N) is 3. The summed E-state index contributed by atoms with van der Waals surface area (Å²) in [6.45, 7) is 14.6. The number of H-pyrrole nitrogens is 1. The van der Waals surface area contributed by atoms with Crippen molar-refractivity contribution >= 4 is 50.8 Å². The maximum atomic E-state index is 13.4. The SMILES string of the molecule is COc1cc(-c2nc(NC(=O)C3(c4ccc5c(c4)OC(F)(F)O5)CC3)cc(C)c2C)ccn1.C[Si](C)(C)I.Cc1cc(NC(=O)C2(c3ccc4c(c3)OC(F)(F)O4)CC2)nc(-c2cc[nH]c(=O)c2)c1C. The molecule has 4 aliphatic rings. The first-order chi connectivity index (χ1) is 32.9. The average molecular weight is 1090 g/mol. The number of fused-ring (bicyclic) bond motifs is 2. The number of alkyl halides is 4. The van der Waals surface area contributed by atoms with Crippen LogP contribution in [-0.4, -0.2) is 57.0 Å². The Morgan fingerprint density at radius 1 is 0.657 bits per heavy atom. The molecule has 2 aliphatic carbocycles. The minimum Gasteiger partial charge on any atom is -0.481 e. The number of aromatic nitrogens is 4. The minimum absolute atomic E-state index is 0.0480. The molecule has 2 aliphatic heterocycles. The maximum absolute atomic E-state index is 13.4. The van der Waals surface area contributed by atoms with Gasteiger partial charge < -0.3 is 39.3 Å². The number of aromatic amines is 1. The summed E-state index contributed by atoms with van der Waals surface area (Å²) in [7, 11) is 1.54. The normalized spacial score (nSPS) is 16.6. The van der Waals surface area contributed by atoms with Crippen LogP contribution in [0.3, 0.4) is 0 Å². The Bertz CT molecular complexity index is 3100. The van der Waals surface area contributed by atoms with Crippen molar-refractivity contribution < 1.29 is 50.8 Å². The van der Waals surface area contributed by atoms with Crippen LogP contribution < -0.4 is 39.9 Å². The van der Waals surface area contributed by atoms with Crippen LogP contribution in [0.4, 0.5) is 29.2 Å². The number of aryl methyl sites for hydroxylation is 2. The summed E-state index contributed by atoms with van der Waals surface area (Å²) in [6.07, 6.45) is -1.91. The van der Waals surface area contributed by atoms with Crippen molar-refractivity contribution in [1.82, 2.24) is 19.9 Å². The summed E-state index contributed by atoms with van der Waals surface area (Å²) in [5, 5.41) is 5.78. The van der Waals surface area contributed by atoms with Gasteiger partial charge in [-0.25, -0.2) is 15.0 Å². The lowest BCUT2D eigenvalue weighted by Crippen LogP contribution is -2.28. The summed E-state index contributed by atoms with van der Waals surface area (Å²) in [6, 6.07) is 19.3. The Balaban J connectivity index is 0.000000172. The molecule has 70 heavy (non-hydrogen) atoms. The predicted octanol–water partition coefficient (Wildman–Crippen LogP) is 11.1. The molecule has 6 aromatic rings. The molecule has 366 valence electrons. The molecule has 0 spiro atoms. The fourth-order valence-electron chi connectivity index (χ4n) is 7.93. The zero-order valence-electron chi connectivity index (χ0n) is 39.4. The van der Waals surface area contributed by atoms with Crippen molar-refractivity contribution in [3.05, 3.63) is 129 Å². The Morgan fingerprint density at radius 2 is 1.09 bits per heavy atom. The highest BCUT2D eigenvalue weighted by atomic mass is 127. The van der Waals surface area contributed by atoms with Gasteiger partial charge in [0.2, 0.25) is 23.3 Å². The lowest BCUT2D eigenvalue weighted by atomic mass is 9.94. The number of hydrogen-bond acceptors (Lipinski definition) is 11. The van der Waals surface area contributed by atoms with E-state index in [1.807, 2.05) is 39.8 Å². The van der Waals surface area contributed by atoms with Crippen molar-refractivity contribution in [1.29, 1.82) is 0 Å². The first-order valence-corrected chi connectivity index (χ1v) is 28.8. The maximum Gasteiger partial charge on any atom is 0.586 e. The molecule has 3 N–H and O–H groups in total. The van der Waals surface area contributed by atoms with Gasteiger partial charge in [-0.05, 0) is 135 Å². The number of methoxy groups -OCH3 is 1. The highest BCUT2D eigenvalue weighted by Gasteiger charge is 2.54. The van der Waals surface area contributed by atoms with Gasteiger partial charge in [0.05, 0.1) is 29.3 Å². The molecule has 2 saturated carbocycles. The van der Waals surface area contributed by atoms with E-state index in [1.54, 1.807) is 49.8 Å². The number of carbonyl (C=O) groups is 2. The first kappa shape index (κ1) is 49.9. The van der Waals surface area contributed by atoms with Crippen LogP contribution in [0.1, 0.15) is 59.1 Å². The second-order valence-corrected chi connectivity index (χ2v) is 32.3. The lowest BCUT2D eigenvalue weighted by molar-refractivity contribution is -0.287. The summed E-state index contributed by atoms with van der Waals surface area (Å²) >= 11 is 2.52. The molecule has 2 aromatic carbocycles. The molecule has 14 nitrogen and oxygen atoms in total. The van der Waals surface area contributed by atoms with E-state index in [9.17, 15) is 31.9 Å². The van der Waals surface area contributed by atoms with E-state index in [0.29, 0.717) is 71.3 Å². The van der Waals surface area contributed by atoms with Gasteiger partial charge in [-0.3, -0.25) is 14.4 Å². The average Bonchev–Trinajstić information content (AvgIpc) is 4.21. The summed E-state index contributed by atoms with van der Waals surface area (Å²) in [4.78, 5) is 54.1. The summed E-state index contributed by atoms with van der Waals surface area (Å²) in [5.41, 5.74) is 5.11.